The van der Waals surface area contributed by atoms with E-state index in [-0.39, 0.29) is 28.1 Å². The fourth-order valence-corrected chi connectivity index (χ4v) is 3.89. The number of carbonyl (C=O) groups is 1. The summed E-state index contributed by atoms with van der Waals surface area (Å²) in [5.41, 5.74) is 1.58. The van der Waals surface area contributed by atoms with Gasteiger partial charge < -0.3 is 10.1 Å². The molecule has 29 heavy (non-hydrogen) atoms. The molecule has 0 heterocycles. The maximum absolute atomic E-state index is 12.6. The van der Waals surface area contributed by atoms with Gasteiger partial charge in [-0.1, -0.05) is 60.1 Å². The Hall–Kier alpha value is -2.87. The van der Waals surface area contributed by atoms with Gasteiger partial charge in [0.05, 0.1) is 22.2 Å². The number of para-hydroxylation sites is 1. The van der Waals surface area contributed by atoms with Crippen LogP contribution in [0.25, 0.3) is 0 Å². The molecule has 150 valence electrons. The molecule has 0 aliphatic carbocycles. The predicted molar refractivity (Wildman–Crippen MR) is 113 cm³/mol. The summed E-state index contributed by atoms with van der Waals surface area (Å²) in [4.78, 5) is 12.1. The fourth-order valence-electron chi connectivity index (χ4n) is 2.52. The van der Waals surface area contributed by atoms with Crippen LogP contribution >= 0.6 is 11.6 Å². The molecule has 0 radical (unpaired) electrons. The Morgan fingerprint density at radius 1 is 0.931 bits per heavy atom. The van der Waals surface area contributed by atoms with Gasteiger partial charge in [-0.05, 0) is 35.9 Å². The maximum Gasteiger partial charge on any atom is 0.262 e. The average Bonchev–Trinajstić information content (AvgIpc) is 2.71. The molecule has 0 atom stereocenters. The Labute approximate surface area is 174 Å². The number of halogens is 1. The largest absolute Gasteiger partial charge is 0.367 e. The normalized spacial score (nSPS) is 11.1. The van der Waals surface area contributed by atoms with Crippen LogP contribution in [0.4, 0.5) is 11.4 Å². The van der Waals surface area contributed by atoms with Gasteiger partial charge in [-0.3, -0.25) is 9.52 Å². The molecule has 3 aromatic rings. The summed E-state index contributed by atoms with van der Waals surface area (Å²) in [5, 5.41) is 2.92. The van der Waals surface area contributed by atoms with Gasteiger partial charge in [-0.2, -0.15) is 0 Å². The first-order chi connectivity index (χ1) is 13.9. The number of amides is 1. The first kappa shape index (κ1) is 20.9. The lowest BCUT2D eigenvalue weighted by Gasteiger charge is -2.11. The molecule has 0 unspecified atom stereocenters. The van der Waals surface area contributed by atoms with E-state index in [1.54, 1.807) is 36.4 Å². The third kappa shape index (κ3) is 6.05. The van der Waals surface area contributed by atoms with Gasteiger partial charge in [0.2, 0.25) is 5.91 Å². The van der Waals surface area contributed by atoms with Crippen LogP contribution in [0, 0.1) is 0 Å². The van der Waals surface area contributed by atoms with Crippen LogP contribution in [0.3, 0.4) is 0 Å². The smallest absolute Gasteiger partial charge is 0.262 e. The number of nitrogens with one attached hydrogen (secondary N) is 2. The second-order valence-electron chi connectivity index (χ2n) is 6.14. The van der Waals surface area contributed by atoms with Crippen LogP contribution in [0.5, 0.6) is 0 Å². The van der Waals surface area contributed by atoms with Crippen molar-refractivity contribution in [3.8, 4) is 0 Å². The van der Waals surface area contributed by atoms with Crippen LogP contribution in [0.15, 0.2) is 83.8 Å². The van der Waals surface area contributed by atoms with Gasteiger partial charge in [0, 0.05) is 5.69 Å². The Morgan fingerprint density at radius 3 is 2.41 bits per heavy atom. The van der Waals surface area contributed by atoms with Crippen molar-refractivity contribution in [3.05, 3.63) is 89.4 Å². The van der Waals surface area contributed by atoms with Gasteiger partial charge in [0.25, 0.3) is 10.0 Å². The highest BCUT2D eigenvalue weighted by Crippen LogP contribution is 2.25. The van der Waals surface area contributed by atoms with Crippen molar-refractivity contribution in [1.29, 1.82) is 0 Å². The van der Waals surface area contributed by atoms with E-state index in [0.29, 0.717) is 12.3 Å². The third-order valence-electron chi connectivity index (χ3n) is 3.89. The number of hydrogen-bond acceptors (Lipinski definition) is 4. The van der Waals surface area contributed by atoms with Crippen LogP contribution in [-0.2, 0) is 26.2 Å². The Morgan fingerprint density at radius 2 is 1.66 bits per heavy atom. The monoisotopic (exact) mass is 430 g/mol. The zero-order chi connectivity index (χ0) is 20.7. The van der Waals surface area contributed by atoms with Gasteiger partial charge in [0.1, 0.15) is 6.61 Å². The van der Waals surface area contributed by atoms with Crippen molar-refractivity contribution in [3.63, 3.8) is 0 Å². The number of benzene rings is 3. The second kappa shape index (κ2) is 9.56. The van der Waals surface area contributed by atoms with E-state index < -0.39 is 10.0 Å². The van der Waals surface area contributed by atoms with Crippen molar-refractivity contribution in [2.75, 3.05) is 16.6 Å². The SMILES string of the molecule is O=C(COCc1ccccc1)Nc1cccc(S(=O)(=O)Nc2ccccc2Cl)c1. The zero-order valence-electron chi connectivity index (χ0n) is 15.3. The summed E-state index contributed by atoms with van der Waals surface area (Å²) in [6, 6.07) is 22.0. The van der Waals surface area contributed by atoms with E-state index in [2.05, 4.69) is 10.0 Å². The molecule has 3 rings (SSSR count). The highest BCUT2D eigenvalue weighted by Gasteiger charge is 2.16. The van der Waals surface area contributed by atoms with Crippen LogP contribution < -0.4 is 10.0 Å². The fraction of sp³-hybridized carbons (Fsp3) is 0.0952. The summed E-state index contributed by atoms with van der Waals surface area (Å²) >= 11 is 6.01. The minimum atomic E-state index is -3.86. The lowest BCUT2D eigenvalue weighted by atomic mass is 10.2. The Bertz CT molecular complexity index is 1090. The molecule has 0 fully saturated rings. The molecular weight excluding hydrogens is 412 g/mol. The van der Waals surface area contributed by atoms with Crippen molar-refractivity contribution >= 4 is 38.9 Å². The minimum absolute atomic E-state index is 0.000392. The zero-order valence-corrected chi connectivity index (χ0v) is 16.9. The second-order valence-corrected chi connectivity index (χ2v) is 8.23. The lowest BCUT2D eigenvalue weighted by molar-refractivity contribution is -0.121. The highest BCUT2D eigenvalue weighted by molar-refractivity contribution is 7.92. The average molecular weight is 431 g/mol. The third-order valence-corrected chi connectivity index (χ3v) is 5.58. The molecular formula is C21H19ClN2O4S. The van der Waals surface area contributed by atoms with Crippen molar-refractivity contribution in [1.82, 2.24) is 0 Å². The summed E-state index contributed by atoms with van der Waals surface area (Å²) in [6.07, 6.45) is 0. The van der Waals surface area contributed by atoms with Gasteiger partial charge in [-0.25, -0.2) is 8.42 Å². The number of carbonyl (C=O) groups excluding carboxylic acids is 1. The summed E-state index contributed by atoms with van der Waals surface area (Å²) in [5.74, 6) is -0.380. The first-order valence-electron chi connectivity index (χ1n) is 8.73. The molecule has 3 aromatic carbocycles. The van der Waals surface area contributed by atoms with Crippen molar-refractivity contribution in [2.24, 2.45) is 0 Å². The molecule has 6 nitrogen and oxygen atoms in total. The lowest BCUT2D eigenvalue weighted by Crippen LogP contribution is -2.19. The Kier molecular flexibility index (Phi) is 6.87. The van der Waals surface area contributed by atoms with E-state index in [0.717, 1.165) is 5.56 Å². The molecule has 2 N–H and O–H groups in total. The standard InChI is InChI=1S/C21H19ClN2O4S/c22-19-11-4-5-12-20(19)24-29(26,27)18-10-6-9-17(13-18)23-21(25)15-28-14-16-7-2-1-3-8-16/h1-13,24H,14-15H2,(H,23,25). The number of hydrogen-bond donors (Lipinski definition) is 2. The topological polar surface area (TPSA) is 84.5 Å². The van der Waals surface area contributed by atoms with Crippen LogP contribution in [0.2, 0.25) is 5.02 Å². The number of rotatable bonds is 8. The molecule has 0 aromatic heterocycles. The summed E-state index contributed by atoms with van der Waals surface area (Å²) < 4.78 is 33.1. The number of anilines is 2. The molecule has 0 saturated carbocycles. The Balaban J connectivity index is 1.61. The van der Waals surface area contributed by atoms with Crippen LogP contribution in [0.1, 0.15) is 5.56 Å². The van der Waals surface area contributed by atoms with E-state index >= 15 is 0 Å². The first-order valence-corrected chi connectivity index (χ1v) is 10.6. The molecule has 0 saturated heterocycles. The molecule has 1 amide bonds. The van der Waals surface area contributed by atoms with Crippen molar-refractivity contribution < 1.29 is 17.9 Å². The van der Waals surface area contributed by atoms with Gasteiger partial charge in [0.15, 0.2) is 0 Å². The maximum atomic E-state index is 12.6. The molecule has 0 bridgehead atoms. The molecule has 0 spiro atoms. The van der Waals surface area contributed by atoms with Gasteiger partial charge in [-0.15, -0.1) is 0 Å². The van der Waals surface area contributed by atoms with E-state index in [1.807, 2.05) is 30.3 Å². The molecule has 8 heteroatoms. The van der Waals surface area contributed by atoms with Crippen LogP contribution in [-0.4, -0.2) is 20.9 Å². The van der Waals surface area contributed by atoms with E-state index in [4.69, 9.17) is 16.3 Å². The number of sulfonamides is 1. The summed E-state index contributed by atoms with van der Waals surface area (Å²) in [7, 11) is -3.86. The minimum Gasteiger partial charge on any atom is -0.367 e. The summed E-state index contributed by atoms with van der Waals surface area (Å²) in [6.45, 7) is 0.161. The predicted octanol–water partition coefficient (Wildman–Crippen LogP) is 4.30. The molecule has 0 aliphatic heterocycles. The number of ether oxygens (including phenoxy) is 1. The van der Waals surface area contributed by atoms with Crippen molar-refractivity contribution in [2.45, 2.75) is 11.5 Å². The van der Waals surface area contributed by atoms with E-state index in [9.17, 15) is 13.2 Å². The quantitative estimate of drug-likeness (QED) is 0.558. The highest BCUT2D eigenvalue weighted by atomic mass is 35.5. The molecule has 0 aliphatic rings. The van der Waals surface area contributed by atoms with Gasteiger partial charge >= 0.3 is 0 Å². The van der Waals surface area contributed by atoms with E-state index in [1.165, 1.54) is 12.1 Å².